The Morgan fingerprint density at radius 2 is 1.77 bits per heavy atom. The van der Waals surface area contributed by atoms with Crippen LogP contribution in [0.15, 0.2) is 59.8 Å². The summed E-state index contributed by atoms with van der Waals surface area (Å²) in [6, 6.07) is 15.6. The maximum atomic E-state index is 12.6. The van der Waals surface area contributed by atoms with Crippen molar-refractivity contribution in [2.75, 3.05) is 12.0 Å². The quantitative estimate of drug-likeness (QED) is 0.652. The van der Waals surface area contributed by atoms with E-state index in [0.29, 0.717) is 10.7 Å². The van der Waals surface area contributed by atoms with Crippen molar-refractivity contribution in [2.45, 2.75) is 26.8 Å². The van der Waals surface area contributed by atoms with E-state index in [2.05, 4.69) is 31.3 Å². The monoisotopic (exact) mass is 366 g/mol. The number of nitrogens with one attached hydrogen (secondary N) is 1. The van der Waals surface area contributed by atoms with Gasteiger partial charge in [-0.15, -0.1) is 0 Å². The summed E-state index contributed by atoms with van der Waals surface area (Å²) in [5.74, 6) is -0.361. The predicted molar refractivity (Wildman–Crippen MR) is 108 cm³/mol. The van der Waals surface area contributed by atoms with E-state index < -0.39 is 0 Å². The third kappa shape index (κ3) is 3.22. The van der Waals surface area contributed by atoms with Gasteiger partial charge in [-0.25, -0.2) is 4.79 Å². The number of ether oxygens (including phenoxy) is 1. The summed E-state index contributed by atoms with van der Waals surface area (Å²) in [5, 5.41) is 3.87. The predicted octanol–water partition coefficient (Wildman–Crippen LogP) is 4.19. The lowest BCUT2D eigenvalue weighted by Crippen LogP contribution is -2.48. The Morgan fingerprint density at radius 3 is 2.38 bits per heavy atom. The highest BCUT2D eigenvalue weighted by atomic mass is 32.1. The molecule has 0 unspecified atom stereocenters. The molecule has 0 fully saturated rings. The maximum absolute atomic E-state index is 12.6. The van der Waals surface area contributed by atoms with Crippen LogP contribution >= 0.6 is 12.2 Å². The van der Waals surface area contributed by atoms with E-state index in [0.717, 1.165) is 16.9 Å². The summed E-state index contributed by atoms with van der Waals surface area (Å²) in [4.78, 5) is 14.5. The molecule has 0 aromatic heterocycles. The molecule has 3 rings (SSSR count). The molecule has 1 N–H and O–H groups in total. The molecule has 0 saturated heterocycles. The molecule has 1 atom stereocenters. The summed E-state index contributed by atoms with van der Waals surface area (Å²) in [7, 11) is 1.40. The molecule has 0 amide bonds. The van der Waals surface area contributed by atoms with E-state index >= 15 is 0 Å². The highest BCUT2D eigenvalue weighted by Gasteiger charge is 2.35. The Labute approximate surface area is 159 Å². The van der Waals surface area contributed by atoms with Crippen LogP contribution in [0.3, 0.4) is 0 Å². The molecular formula is C21H22N2O2S. The molecule has 1 aliphatic rings. The van der Waals surface area contributed by atoms with E-state index in [9.17, 15) is 4.79 Å². The summed E-state index contributed by atoms with van der Waals surface area (Å²) >= 11 is 5.64. The topological polar surface area (TPSA) is 41.6 Å². The van der Waals surface area contributed by atoms with Crippen molar-refractivity contribution in [3.63, 3.8) is 0 Å². The van der Waals surface area contributed by atoms with Gasteiger partial charge >= 0.3 is 5.97 Å². The molecule has 1 aliphatic heterocycles. The van der Waals surface area contributed by atoms with Crippen LogP contribution in [0.2, 0.25) is 0 Å². The van der Waals surface area contributed by atoms with Crippen LogP contribution in [-0.2, 0) is 9.53 Å². The number of thiocarbonyl (C=S) groups is 1. The second kappa shape index (κ2) is 7.30. The lowest BCUT2D eigenvalue weighted by molar-refractivity contribution is -0.136. The van der Waals surface area contributed by atoms with Crippen LogP contribution < -0.4 is 10.2 Å². The molecule has 1 heterocycles. The number of allylic oxidation sites excluding steroid dienone is 1. The Kier molecular flexibility index (Phi) is 5.09. The van der Waals surface area contributed by atoms with E-state index in [1.807, 2.05) is 48.2 Å². The first kappa shape index (κ1) is 18.1. The van der Waals surface area contributed by atoms with Crippen LogP contribution in [0.5, 0.6) is 0 Å². The third-order valence-electron chi connectivity index (χ3n) is 4.77. The number of hydrogen-bond donors (Lipinski definition) is 1. The number of esters is 1. The van der Waals surface area contributed by atoms with Crippen molar-refractivity contribution in [3.05, 3.63) is 76.5 Å². The summed E-state index contributed by atoms with van der Waals surface area (Å²) in [6.07, 6.45) is 0. The second-order valence-corrected chi connectivity index (χ2v) is 6.77. The first-order valence-electron chi connectivity index (χ1n) is 8.46. The van der Waals surface area contributed by atoms with E-state index in [4.69, 9.17) is 17.0 Å². The van der Waals surface area contributed by atoms with Gasteiger partial charge in [-0.3, -0.25) is 4.90 Å². The number of anilines is 1. The number of carbonyl (C=O) groups excluding carboxylic acids is 1. The first-order chi connectivity index (χ1) is 12.4. The molecule has 0 bridgehead atoms. The molecule has 5 heteroatoms. The van der Waals surface area contributed by atoms with Gasteiger partial charge in [0.15, 0.2) is 5.11 Å². The van der Waals surface area contributed by atoms with Crippen LogP contribution in [0.25, 0.3) is 0 Å². The van der Waals surface area contributed by atoms with E-state index in [1.54, 1.807) is 0 Å². The second-order valence-electron chi connectivity index (χ2n) is 6.39. The van der Waals surface area contributed by atoms with Crippen molar-refractivity contribution in [3.8, 4) is 0 Å². The number of hydrogen-bond acceptors (Lipinski definition) is 3. The van der Waals surface area contributed by atoms with Crippen LogP contribution in [0.4, 0.5) is 5.69 Å². The number of benzene rings is 2. The Bertz CT molecular complexity index is 890. The molecule has 0 saturated carbocycles. The van der Waals surface area contributed by atoms with E-state index in [1.165, 1.54) is 18.2 Å². The minimum Gasteiger partial charge on any atom is -0.466 e. The Hall–Kier alpha value is -2.66. The zero-order chi connectivity index (χ0) is 18.8. The van der Waals surface area contributed by atoms with Crippen LogP contribution in [0.1, 0.15) is 29.7 Å². The van der Waals surface area contributed by atoms with Gasteiger partial charge in [0, 0.05) is 11.4 Å². The number of rotatable bonds is 3. The lowest BCUT2D eigenvalue weighted by atomic mass is 9.94. The standard InChI is InChI=1S/C21H22N2O2S/c1-13-10-11-17(12-14(13)2)23-15(3)18(20(24)25-4)19(22-21(23)26)16-8-6-5-7-9-16/h5-12,19H,1-4H3,(H,22,26)/t19-/m0/s1. The molecular weight excluding hydrogens is 344 g/mol. The maximum Gasteiger partial charge on any atom is 0.337 e. The fraction of sp³-hybridized carbons (Fsp3) is 0.238. The van der Waals surface area contributed by atoms with E-state index in [-0.39, 0.29) is 12.0 Å². The largest absolute Gasteiger partial charge is 0.466 e. The highest BCUT2D eigenvalue weighted by molar-refractivity contribution is 7.80. The van der Waals surface area contributed by atoms with Gasteiger partial charge in [0.2, 0.25) is 0 Å². The Morgan fingerprint density at radius 1 is 1.08 bits per heavy atom. The molecule has 0 aliphatic carbocycles. The highest BCUT2D eigenvalue weighted by Crippen LogP contribution is 2.34. The zero-order valence-electron chi connectivity index (χ0n) is 15.4. The summed E-state index contributed by atoms with van der Waals surface area (Å²) < 4.78 is 5.07. The minimum atomic E-state index is -0.361. The van der Waals surface area contributed by atoms with Gasteiger partial charge in [-0.05, 0) is 61.8 Å². The van der Waals surface area contributed by atoms with Crippen molar-refractivity contribution in [1.29, 1.82) is 0 Å². The molecule has 26 heavy (non-hydrogen) atoms. The number of nitrogens with zero attached hydrogens (tertiary/aromatic N) is 1. The minimum absolute atomic E-state index is 0.334. The summed E-state index contributed by atoms with van der Waals surface area (Å²) in [5.41, 5.74) is 5.61. The van der Waals surface area contributed by atoms with Crippen molar-refractivity contribution < 1.29 is 9.53 Å². The smallest absolute Gasteiger partial charge is 0.337 e. The molecule has 0 radical (unpaired) electrons. The first-order valence-corrected chi connectivity index (χ1v) is 8.86. The zero-order valence-corrected chi connectivity index (χ0v) is 16.2. The summed E-state index contributed by atoms with van der Waals surface area (Å²) in [6.45, 7) is 6.04. The lowest BCUT2D eigenvalue weighted by Gasteiger charge is -2.37. The van der Waals surface area contributed by atoms with Crippen molar-refractivity contribution >= 4 is 29.0 Å². The number of carbonyl (C=O) groups is 1. The molecule has 134 valence electrons. The average molecular weight is 366 g/mol. The molecule has 2 aromatic carbocycles. The van der Waals surface area contributed by atoms with Gasteiger partial charge in [0.05, 0.1) is 18.7 Å². The van der Waals surface area contributed by atoms with Gasteiger partial charge in [-0.2, -0.15) is 0 Å². The van der Waals surface area contributed by atoms with Crippen molar-refractivity contribution in [2.24, 2.45) is 0 Å². The SMILES string of the molecule is COC(=O)C1=C(C)N(c2ccc(C)c(C)c2)C(=S)N[C@H]1c1ccccc1. The fourth-order valence-corrected chi connectivity index (χ4v) is 3.55. The third-order valence-corrected chi connectivity index (χ3v) is 5.07. The average Bonchev–Trinajstić information content (AvgIpc) is 2.64. The molecule has 2 aromatic rings. The van der Waals surface area contributed by atoms with Gasteiger partial charge < -0.3 is 10.1 Å². The number of aryl methyl sites for hydroxylation is 2. The fourth-order valence-electron chi connectivity index (χ4n) is 3.19. The van der Waals surface area contributed by atoms with Crippen LogP contribution in [-0.4, -0.2) is 18.2 Å². The van der Waals surface area contributed by atoms with Gasteiger partial charge in [0.25, 0.3) is 0 Å². The normalized spacial score (nSPS) is 17.2. The number of methoxy groups -OCH3 is 1. The van der Waals surface area contributed by atoms with Gasteiger partial charge in [0.1, 0.15) is 0 Å². The molecule has 4 nitrogen and oxygen atoms in total. The van der Waals surface area contributed by atoms with Crippen molar-refractivity contribution in [1.82, 2.24) is 5.32 Å². The van der Waals surface area contributed by atoms with Gasteiger partial charge in [-0.1, -0.05) is 36.4 Å². The van der Waals surface area contributed by atoms with Crippen LogP contribution in [0, 0.1) is 13.8 Å². The molecule has 0 spiro atoms. The Balaban J connectivity index is 2.14.